The van der Waals surface area contributed by atoms with Gasteiger partial charge in [0.05, 0.1) is 24.0 Å². The van der Waals surface area contributed by atoms with Crippen LogP contribution in [0.5, 0.6) is 17.4 Å². The minimum absolute atomic E-state index is 0.0123. The van der Waals surface area contributed by atoms with Crippen molar-refractivity contribution in [1.29, 1.82) is 0 Å². The molecule has 0 fully saturated rings. The molecule has 0 atom stereocenters. The number of aromatic nitrogens is 1. The summed E-state index contributed by atoms with van der Waals surface area (Å²) in [4.78, 5) is 16.1. The minimum Gasteiger partial charge on any atom is -0.496 e. The lowest BCUT2D eigenvalue weighted by molar-refractivity contribution is 0.0977. The number of halogens is 4. The van der Waals surface area contributed by atoms with Gasteiger partial charge >= 0.3 is 0 Å². The molecule has 32 heavy (non-hydrogen) atoms. The van der Waals surface area contributed by atoms with Crippen LogP contribution in [0, 0.1) is 11.6 Å². The molecule has 1 heterocycles. The number of ether oxygens (including phenoxy) is 2. The van der Waals surface area contributed by atoms with Crippen molar-refractivity contribution in [3.63, 3.8) is 0 Å². The fourth-order valence-corrected chi connectivity index (χ4v) is 3.47. The van der Waals surface area contributed by atoms with Gasteiger partial charge in [0, 0.05) is 23.4 Å². The average molecular weight is 503 g/mol. The van der Waals surface area contributed by atoms with Gasteiger partial charge < -0.3 is 9.47 Å². The van der Waals surface area contributed by atoms with E-state index in [1.54, 1.807) is 4.72 Å². The van der Waals surface area contributed by atoms with Crippen LogP contribution in [0.4, 0.5) is 8.78 Å². The lowest BCUT2D eigenvalue weighted by Crippen LogP contribution is -2.30. The average Bonchev–Trinajstić information content (AvgIpc) is 2.70. The van der Waals surface area contributed by atoms with Crippen molar-refractivity contribution in [3.8, 4) is 28.5 Å². The van der Waals surface area contributed by atoms with E-state index in [1.807, 2.05) is 0 Å². The van der Waals surface area contributed by atoms with Crippen molar-refractivity contribution in [2.75, 3.05) is 13.4 Å². The Labute approximate surface area is 191 Å². The van der Waals surface area contributed by atoms with Gasteiger partial charge in [-0.1, -0.05) is 23.2 Å². The zero-order valence-corrected chi connectivity index (χ0v) is 18.8. The number of carbonyl (C=O) groups excluding carboxylic acids is 1. The Kier molecular flexibility index (Phi) is 6.87. The molecule has 168 valence electrons. The highest BCUT2D eigenvalue weighted by Crippen LogP contribution is 2.37. The van der Waals surface area contributed by atoms with Crippen LogP contribution in [0.15, 0.2) is 42.6 Å². The van der Waals surface area contributed by atoms with Crippen molar-refractivity contribution in [3.05, 3.63) is 69.8 Å². The van der Waals surface area contributed by atoms with Gasteiger partial charge in [0.25, 0.3) is 5.91 Å². The van der Waals surface area contributed by atoms with E-state index in [9.17, 15) is 22.0 Å². The number of sulfonamides is 1. The van der Waals surface area contributed by atoms with Crippen molar-refractivity contribution < 1.29 is 31.5 Å². The Hall–Kier alpha value is -2.95. The SMILES string of the molecule is COc1cc(C(=O)NS(C)(=O)=O)c(F)cc1-c1cnc(Oc2ccc(F)c(Cl)c2)c(Cl)c1. The molecule has 1 aromatic heterocycles. The third-order valence-corrected chi connectivity index (χ3v) is 5.15. The molecule has 0 saturated heterocycles. The maximum atomic E-state index is 14.6. The fourth-order valence-electron chi connectivity index (χ4n) is 2.64. The summed E-state index contributed by atoms with van der Waals surface area (Å²) in [6.07, 6.45) is 2.09. The number of hydrogen-bond acceptors (Lipinski definition) is 6. The number of pyridine rings is 1. The summed E-state index contributed by atoms with van der Waals surface area (Å²) < 4.78 is 62.8. The van der Waals surface area contributed by atoms with Crippen LogP contribution < -0.4 is 14.2 Å². The van der Waals surface area contributed by atoms with Crippen LogP contribution in [0.2, 0.25) is 10.0 Å². The summed E-state index contributed by atoms with van der Waals surface area (Å²) in [5.74, 6) is -2.49. The summed E-state index contributed by atoms with van der Waals surface area (Å²) in [7, 11) is -2.60. The fraction of sp³-hybridized carbons (Fsp3) is 0.100. The second kappa shape index (κ2) is 9.27. The lowest BCUT2D eigenvalue weighted by Gasteiger charge is -2.13. The van der Waals surface area contributed by atoms with Crippen molar-refractivity contribution in [2.24, 2.45) is 0 Å². The number of amides is 1. The molecule has 2 aromatic carbocycles. The Balaban J connectivity index is 1.95. The summed E-state index contributed by atoms with van der Waals surface area (Å²) in [5.41, 5.74) is 0.000199. The van der Waals surface area contributed by atoms with Gasteiger partial charge in [-0.25, -0.2) is 26.9 Å². The molecular weight excluding hydrogens is 489 g/mol. The Morgan fingerprint density at radius 1 is 1.06 bits per heavy atom. The maximum Gasteiger partial charge on any atom is 0.267 e. The molecule has 0 unspecified atom stereocenters. The van der Waals surface area contributed by atoms with Gasteiger partial charge in [-0.05, 0) is 30.3 Å². The topological polar surface area (TPSA) is 94.6 Å². The molecular formula is C20H14Cl2F2N2O5S. The highest BCUT2D eigenvalue weighted by Gasteiger charge is 2.20. The molecule has 0 aliphatic heterocycles. The number of carbonyl (C=O) groups is 1. The van der Waals surface area contributed by atoms with Crippen LogP contribution in [-0.4, -0.2) is 32.7 Å². The second-order valence-corrected chi connectivity index (χ2v) is 8.99. The third-order valence-electron chi connectivity index (χ3n) is 4.04. The second-order valence-electron chi connectivity index (χ2n) is 6.42. The minimum atomic E-state index is -3.89. The van der Waals surface area contributed by atoms with E-state index < -0.39 is 33.1 Å². The molecule has 0 aliphatic carbocycles. The molecule has 0 saturated carbocycles. The highest BCUT2D eigenvalue weighted by molar-refractivity contribution is 7.89. The molecule has 0 spiro atoms. The van der Waals surface area contributed by atoms with E-state index >= 15 is 0 Å². The molecule has 1 N–H and O–H groups in total. The number of nitrogens with one attached hydrogen (secondary N) is 1. The summed E-state index contributed by atoms with van der Waals surface area (Å²) >= 11 is 12.0. The lowest BCUT2D eigenvalue weighted by atomic mass is 10.0. The molecule has 0 aliphatic rings. The van der Waals surface area contributed by atoms with Gasteiger partial charge in [-0.15, -0.1) is 0 Å². The molecule has 0 radical (unpaired) electrons. The number of rotatable bonds is 6. The zero-order chi connectivity index (χ0) is 23.6. The number of methoxy groups -OCH3 is 1. The molecule has 3 rings (SSSR count). The first-order valence-electron chi connectivity index (χ1n) is 8.67. The predicted octanol–water partition coefficient (Wildman–Crippen LogP) is 4.82. The molecule has 12 heteroatoms. The van der Waals surface area contributed by atoms with Crippen LogP contribution in [0.1, 0.15) is 10.4 Å². The maximum absolute atomic E-state index is 14.6. The predicted molar refractivity (Wildman–Crippen MR) is 115 cm³/mol. The van der Waals surface area contributed by atoms with Crippen molar-refractivity contribution >= 4 is 39.1 Å². The smallest absolute Gasteiger partial charge is 0.267 e. The van der Waals surface area contributed by atoms with Crippen LogP contribution in [-0.2, 0) is 10.0 Å². The monoisotopic (exact) mass is 502 g/mol. The summed E-state index contributed by atoms with van der Waals surface area (Å²) in [6.45, 7) is 0. The molecule has 0 bridgehead atoms. The van der Waals surface area contributed by atoms with Gasteiger partial charge in [-0.2, -0.15) is 0 Å². The largest absolute Gasteiger partial charge is 0.496 e. The van der Waals surface area contributed by atoms with Gasteiger partial charge in [0.1, 0.15) is 28.2 Å². The highest BCUT2D eigenvalue weighted by atomic mass is 35.5. The van der Waals surface area contributed by atoms with Crippen LogP contribution in [0.25, 0.3) is 11.1 Å². The summed E-state index contributed by atoms with van der Waals surface area (Å²) in [6, 6.07) is 7.18. The van der Waals surface area contributed by atoms with E-state index in [0.29, 0.717) is 5.56 Å². The van der Waals surface area contributed by atoms with Crippen LogP contribution in [0.3, 0.4) is 0 Å². The van der Waals surface area contributed by atoms with E-state index in [4.69, 9.17) is 32.7 Å². The number of hydrogen-bond donors (Lipinski definition) is 1. The van der Waals surface area contributed by atoms with Gasteiger partial charge in [0.15, 0.2) is 0 Å². The first-order chi connectivity index (χ1) is 15.0. The van der Waals surface area contributed by atoms with Gasteiger partial charge in [-0.3, -0.25) is 4.79 Å². The summed E-state index contributed by atoms with van der Waals surface area (Å²) in [5, 5.41) is -0.0974. The number of nitrogens with zero attached hydrogens (tertiary/aromatic N) is 1. The third kappa shape index (κ3) is 5.45. The first kappa shape index (κ1) is 23.7. The zero-order valence-electron chi connectivity index (χ0n) is 16.5. The Morgan fingerprint density at radius 2 is 1.78 bits per heavy atom. The normalized spacial score (nSPS) is 11.2. The van der Waals surface area contributed by atoms with E-state index in [2.05, 4.69) is 4.98 Å². The number of benzene rings is 2. The standard InChI is InChI=1S/C20H14Cl2F2N2O5S/c1-30-18-8-13(19(27)26-32(2,28)29)17(24)7-12(18)10-5-15(22)20(25-9-10)31-11-3-4-16(23)14(21)6-11/h3-9H,1-2H3,(H,26,27). The molecule has 1 amide bonds. The first-order valence-corrected chi connectivity index (χ1v) is 11.3. The van der Waals surface area contributed by atoms with Crippen molar-refractivity contribution in [2.45, 2.75) is 0 Å². The van der Waals surface area contributed by atoms with E-state index in [-0.39, 0.29) is 33.0 Å². The van der Waals surface area contributed by atoms with Crippen LogP contribution >= 0.6 is 23.2 Å². The quantitative estimate of drug-likeness (QED) is 0.518. The van der Waals surface area contributed by atoms with E-state index in [1.165, 1.54) is 31.5 Å². The van der Waals surface area contributed by atoms with Crippen molar-refractivity contribution in [1.82, 2.24) is 9.71 Å². The Morgan fingerprint density at radius 3 is 2.38 bits per heavy atom. The Bertz CT molecular complexity index is 1320. The van der Waals surface area contributed by atoms with E-state index in [0.717, 1.165) is 24.5 Å². The molecule has 3 aromatic rings. The van der Waals surface area contributed by atoms with Gasteiger partial charge in [0.2, 0.25) is 15.9 Å². The molecule has 7 nitrogen and oxygen atoms in total.